The van der Waals surface area contributed by atoms with Crippen molar-refractivity contribution in [2.75, 3.05) is 0 Å². The van der Waals surface area contributed by atoms with Crippen molar-refractivity contribution in [3.05, 3.63) is 82.5 Å². The number of aromatic nitrogens is 4. The second kappa shape index (κ2) is 7.80. The number of benzene rings is 2. The Kier molecular flexibility index (Phi) is 5.13. The standard InChI is InChI=1S/C22H15F3N4O3/c1-29-11-26-28-19(29)15-8-3-2-7-14(15)12-5-4-6-13(9-12)16-10-17(22(23,24)25)18(21(31)32)27-20(16)30/h2-11H,1H3,(H,27,30)(H,31,32). The van der Waals surface area contributed by atoms with Gasteiger partial charge in [-0.1, -0.05) is 42.5 Å². The number of carbonyl (C=O) groups is 1. The van der Waals surface area contributed by atoms with Crippen LogP contribution in [0.15, 0.2) is 65.7 Å². The molecule has 0 aliphatic heterocycles. The number of carboxylic acid groups (broad SMARTS) is 1. The van der Waals surface area contributed by atoms with E-state index >= 15 is 0 Å². The minimum absolute atomic E-state index is 0.207. The third kappa shape index (κ3) is 3.78. The Labute approximate surface area is 178 Å². The minimum Gasteiger partial charge on any atom is -0.477 e. The van der Waals surface area contributed by atoms with Crippen molar-refractivity contribution in [2.24, 2.45) is 7.05 Å². The number of alkyl halides is 3. The molecule has 0 unspecified atom stereocenters. The van der Waals surface area contributed by atoms with E-state index in [0.29, 0.717) is 17.5 Å². The molecule has 2 heterocycles. The molecule has 0 radical (unpaired) electrons. The van der Waals surface area contributed by atoms with Crippen LogP contribution in [0.4, 0.5) is 13.2 Å². The maximum Gasteiger partial charge on any atom is 0.418 e. The summed E-state index contributed by atoms with van der Waals surface area (Å²) in [5, 5.41) is 17.1. The van der Waals surface area contributed by atoms with E-state index < -0.39 is 29.0 Å². The number of rotatable bonds is 4. The second-order valence-electron chi connectivity index (χ2n) is 7.00. The number of nitrogens with zero attached hydrogens (tertiary/aromatic N) is 3. The van der Waals surface area contributed by atoms with Crippen molar-refractivity contribution in [1.29, 1.82) is 0 Å². The summed E-state index contributed by atoms with van der Waals surface area (Å²) in [4.78, 5) is 25.5. The lowest BCUT2D eigenvalue weighted by atomic mass is 9.95. The smallest absolute Gasteiger partial charge is 0.418 e. The highest BCUT2D eigenvalue weighted by molar-refractivity contribution is 5.88. The molecule has 32 heavy (non-hydrogen) atoms. The van der Waals surface area contributed by atoms with E-state index in [0.717, 1.165) is 11.1 Å². The first-order valence-electron chi connectivity index (χ1n) is 9.29. The van der Waals surface area contributed by atoms with Crippen LogP contribution in [0.1, 0.15) is 16.1 Å². The fourth-order valence-electron chi connectivity index (χ4n) is 3.45. The Morgan fingerprint density at radius 2 is 1.66 bits per heavy atom. The summed E-state index contributed by atoms with van der Waals surface area (Å²) in [6, 6.07) is 14.3. The molecule has 0 amide bonds. The van der Waals surface area contributed by atoms with Crippen molar-refractivity contribution in [3.63, 3.8) is 0 Å². The van der Waals surface area contributed by atoms with Gasteiger partial charge in [-0.3, -0.25) is 4.79 Å². The number of halogens is 3. The Balaban J connectivity index is 1.89. The normalized spacial score (nSPS) is 11.5. The summed E-state index contributed by atoms with van der Waals surface area (Å²) in [5.74, 6) is -1.28. The molecule has 7 nitrogen and oxygen atoms in total. The molecule has 0 aliphatic carbocycles. The zero-order valence-electron chi connectivity index (χ0n) is 16.5. The highest BCUT2D eigenvalue weighted by atomic mass is 19.4. The highest BCUT2D eigenvalue weighted by Crippen LogP contribution is 2.35. The maximum atomic E-state index is 13.4. The molecule has 4 aromatic rings. The molecule has 162 valence electrons. The number of H-pyrrole nitrogens is 1. The highest BCUT2D eigenvalue weighted by Gasteiger charge is 2.37. The molecule has 0 bridgehead atoms. The van der Waals surface area contributed by atoms with E-state index in [1.165, 1.54) is 6.07 Å². The van der Waals surface area contributed by atoms with Gasteiger partial charge in [0.25, 0.3) is 5.56 Å². The van der Waals surface area contributed by atoms with Gasteiger partial charge in [-0.25, -0.2) is 4.79 Å². The van der Waals surface area contributed by atoms with E-state index in [1.54, 1.807) is 42.2 Å². The molecule has 10 heteroatoms. The van der Waals surface area contributed by atoms with Crippen LogP contribution in [-0.2, 0) is 13.2 Å². The number of carboxylic acids is 1. The van der Waals surface area contributed by atoms with Crippen molar-refractivity contribution in [2.45, 2.75) is 6.18 Å². The zero-order chi connectivity index (χ0) is 23.0. The van der Waals surface area contributed by atoms with Gasteiger partial charge in [0.05, 0.1) is 5.56 Å². The zero-order valence-corrected chi connectivity index (χ0v) is 16.5. The van der Waals surface area contributed by atoms with Gasteiger partial charge in [0.15, 0.2) is 5.82 Å². The average Bonchev–Trinajstić information content (AvgIpc) is 3.18. The first-order chi connectivity index (χ1) is 15.2. The Morgan fingerprint density at radius 1 is 1.00 bits per heavy atom. The van der Waals surface area contributed by atoms with E-state index in [9.17, 15) is 22.8 Å². The van der Waals surface area contributed by atoms with Crippen LogP contribution in [-0.4, -0.2) is 30.8 Å². The Bertz CT molecular complexity index is 1390. The number of aromatic amines is 1. The largest absolute Gasteiger partial charge is 0.477 e. The Hall–Kier alpha value is -4.21. The lowest BCUT2D eigenvalue weighted by molar-refractivity contribution is -0.138. The van der Waals surface area contributed by atoms with Crippen LogP contribution in [0.25, 0.3) is 33.6 Å². The number of hydrogen-bond donors (Lipinski definition) is 2. The molecule has 0 saturated carbocycles. The van der Waals surface area contributed by atoms with Gasteiger partial charge in [0, 0.05) is 18.2 Å². The fourth-order valence-corrected chi connectivity index (χ4v) is 3.45. The van der Waals surface area contributed by atoms with E-state index in [1.807, 2.05) is 23.2 Å². The first-order valence-corrected chi connectivity index (χ1v) is 9.29. The van der Waals surface area contributed by atoms with E-state index in [-0.39, 0.29) is 11.1 Å². The van der Waals surface area contributed by atoms with Crippen molar-refractivity contribution in [3.8, 4) is 33.6 Å². The molecule has 0 atom stereocenters. The van der Waals surface area contributed by atoms with Crippen molar-refractivity contribution >= 4 is 5.97 Å². The number of nitrogens with one attached hydrogen (secondary N) is 1. The molecule has 0 spiro atoms. The number of aromatic carboxylic acids is 1. The maximum absolute atomic E-state index is 13.4. The number of hydrogen-bond acceptors (Lipinski definition) is 4. The van der Waals surface area contributed by atoms with Crippen LogP contribution >= 0.6 is 0 Å². The van der Waals surface area contributed by atoms with Gasteiger partial charge in [-0.2, -0.15) is 13.2 Å². The molecule has 4 rings (SSSR count). The van der Waals surface area contributed by atoms with Crippen LogP contribution < -0.4 is 5.56 Å². The molecule has 0 aliphatic rings. The minimum atomic E-state index is -4.96. The molecule has 2 aromatic carbocycles. The predicted molar refractivity (Wildman–Crippen MR) is 110 cm³/mol. The third-order valence-electron chi connectivity index (χ3n) is 4.92. The Morgan fingerprint density at radius 3 is 2.25 bits per heavy atom. The summed E-state index contributed by atoms with van der Waals surface area (Å²) in [6.07, 6.45) is -3.41. The lowest BCUT2D eigenvalue weighted by Crippen LogP contribution is -2.22. The summed E-state index contributed by atoms with van der Waals surface area (Å²) in [6.45, 7) is 0. The van der Waals surface area contributed by atoms with Crippen molar-refractivity contribution < 1.29 is 23.1 Å². The summed E-state index contributed by atoms with van der Waals surface area (Å²) in [5.41, 5.74) is -1.53. The summed E-state index contributed by atoms with van der Waals surface area (Å²) >= 11 is 0. The predicted octanol–water partition coefficient (Wildman–Crippen LogP) is 4.22. The molecule has 0 saturated heterocycles. The molecular weight excluding hydrogens is 425 g/mol. The van der Waals surface area contributed by atoms with Gasteiger partial charge in [-0.05, 0) is 28.8 Å². The van der Waals surface area contributed by atoms with Crippen molar-refractivity contribution in [1.82, 2.24) is 19.7 Å². The average molecular weight is 440 g/mol. The van der Waals surface area contributed by atoms with E-state index in [2.05, 4.69) is 10.2 Å². The lowest BCUT2D eigenvalue weighted by Gasteiger charge is -2.13. The van der Waals surface area contributed by atoms with Crippen LogP contribution in [0.2, 0.25) is 0 Å². The first kappa shape index (κ1) is 21.0. The van der Waals surface area contributed by atoms with Crippen LogP contribution in [0.5, 0.6) is 0 Å². The number of pyridine rings is 1. The molecule has 2 N–H and O–H groups in total. The molecular formula is C22H15F3N4O3. The number of aryl methyl sites for hydroxylation is 1. The molecule has 2 aromatic heterocycles. The third-order valence-corrected chi connectivity index (χ3v) is 4.92. The fraction of sp³-hybridized carbons (Fsp3) is 0.0909. The van der Waals surface area contributed by atoms with Gasteiger partial charge in [-0.15, -0.1) is 10.2 Å². The van der Waals surface area contributed by atoms with Crippen LogP contribution in [0, 0.1) is 0 Å². The van der Waals surface area contributed by atoms with E-state index in [4.69, 9.17) is 5.11 Å². The SMILES string of the molecule is Cn1cnnc1-c1ccccc1-c1cccc(-c2cc(C(F)(F)F)c(C(=O)O)[nH]c2=O)c1. The quantitative estimate of drug-likeness (QED) is 0.495. The second-order valence-corrected chi connectivity index (χ2v) is 7.00. The van der Waals surface area contributed by atoms with Gasteiger partial charge in [0.1, 0.15) is 12.0 Å². The topological polar surface area (TPSA) is 101 Å². The summed E-state index contributed by atoms with van der Waals surface area (Å²) < 4.78 is 42.0. The monoisotopic (exact) mass is 440 g/mol. The van der Waals surface area contributed by atoms with Gasteiger partial charge in [0.2, 0.25) is 0 Å². The van der Waals surface area contributed by atoms with Gasteiger partial charge >= 0.3 is 12.1 Å². The molecule has 0 fully saturated rings. The van der Waals surface area contributed by atoms with Gasteiger partial charge < -0.3 is 14.7 Å². The van der Waals surface area contributed by atoms with Crippen LogP contribution in [0.3, 0.4) is 0 Å². The summed E-state index contributed by atoms with van der Waals surface area (Å²) in [7, 11) is 1.78.